The van der Waals surface area contributed by atoms with Crippen LogP contribution in [0.15, 0.2) is 18.7 Å². The summed E-state index contributed by atoms with van der Waals surface area (Å²) >= 11 is 0. The first-order chi connectivity index (χ1) is 4.85. The fourth-order valence-electron chi connectivity index (χ4n) is 0.474. The van der Waals surface area contributed by atoms with Gasteiger partial charge in [0.1, 0.15) is 0 Å². The van der Waals surface area contributed by atoms with Gasteiger partial charge in [-0.3, -0.25) is 0 Å². The minimum atomic E-state index is 1.01. The van der Waals surface area contributed by atoms with E-state index in [2.05, 4.69) is 16.6 Å². The first-order valence-electron chi connectivity index (χ1n) is 3.21. The average Bonchev–Trinajstić information content (AvgIpc) is 2.39. The molecule has 0 N–H and O–H groups in total. The third-order valence-corrected chi connectivity index (χ3v) is 0.924. The number of rotatable bonds is 1. The molecular formula is C7H14N2O. The summed E-state index contributed by atoms with van der Waals surface area (Å²) in [5, 5.41) is 0. The van der Waals surface area contributed by atoms with Crippen molar-refractivity contribution < 1.29 is 4.74 Å². The second kappa shape index (κ2) is 6.29. The highest BCUT2D eigenvalue weighted by molar-refractivity contribution is 4.72. The molecule has 1 rings (SSSR count). The lowest BCUT2D eigenvalue weighted by atomic mass is 10.7. The number of aromatic nitrogens is 2. The number of hydrogen-bond acceptors (Lipinski definition) is 2. The quantitative estimate of drug-likeness (QED) is 0.588. The summed E-state index contributed by atoms with van der Waals surface area (Å²) in [5.74, 6) is 0. The van der Waals surface area contributed by atoms with Gasteiger partial charge in [-0.2, -0.15) is 0 Å². The number of hydrogen-bond donors (Lipinski definition) is 0. The Morgan fingerprint density at radius 3 is 2.30 bits per heavy atom. The number of imidazole rings is 1. The van der Waals surface area contributed by atoms with E-state index in [1.54, 1.807) is 26.7 Å². The van der Waals surface area contributed by atoms with Crippen LogP contribution in [-0.4, -0.2) is 23.8 Å². The zero-order valence-electron chi connectivity index (χ0n) is 6.74. The minimum Gasteiger partial charge on any atom is -0.388 e. The van der Waals surface area contributed by atoms with Crippen molar-refractivity contribution in [3.63, 3.8) is 0 Å². The molecule has 3 nitrogen and oxygen atoms in total. The van der Waals surface area contributed by atoms with Crippen LogP contribution >= 0.6 is 0 Å². The predicted octanol–water partition coefficient (Wildman–Crippen LogP) is 1.17. The summed E-state index contributed by atoms with van der Waals surface area (Å²) in [6, 6.07) is 0. The van der Waals surface area contributed by atoms with Crippen LogP contribution in [0.1, 0.15) is 6.92 Å². The standard InChI is InChI=1S/C5H8N2.C2H6O/c1-2-7-4-3-6-5-7;1-3-2/h3-5H,2H2,1H3;1-2H3. The highest BCUT2D eigenvalue weighted by atomic mass is 16.4. The molecular weight excluding hydrogens is 128 g/mol. The maximum Gasteiger partial charge on any atom is 0.0945 e. The Labute approximate surface area is 61.6 Å². The van der Waals surface area contributed by atoms with Crippen molar-refractivity contribution in [2.75, 3.05) is 14.2 Å². The zero-order valence-corrected chi connectivity index (χ0v) is 6.74. The van der Waals surface area contributed by atoms with Crippen LogP contribution in [-0.2, 0) is 11.3 Å². The molecule has 58 valence electrons. The Morgan fingerprint density at radius 1 is 1.50 bits per heavy atom. The van der Waals surface area contributed by atoms with Gasteiger partial charge in [0.2, 0.25) is 0 Å². The van der Waals surface area contributed by atoms with E-state index in [9.17, 15) is 0 Å². The van der Waals surface area contributed by atoms with Crippen molar-refractivity contribution in [2.24, 2.45) is 0 Å². The van der Waals surface area contributed by atoms with Crippen LogP contribution in [0.3, 0.4) is 0 Å². The van der Waals surface area contributed by atoms with Crippen LogP contribution in [0.2, 0.25) is 0 Å². The summed E-state index contributed by atoms with van der Waals surface area (Å²) in [6.07, 6.45) is 5.53. The van der Waals surface area contributed by atoms with Gasteiger partial charge in [0.05, 0.1) is 6.33 Å². The Kier molecular flexibility index (Phi) is 5.77. The molecule has 3 heteroatoms. The lowest BCUT2D eigenvalue weighted by molar-refractivity contribution is 0.277. The van der Waals surface area contributed by atoms with Gasteiger partial charge in [-0.05, 0) is 6.92 Å². The fourth-order valence-corrected chi connectivity index (χ4v) is 0.474. The second-order valence-corrected chi connectivity index (χ2v) is 1.80. The molecule has 0 bridgehead atoms. The average molecular weight is 142 g/mol. The maximum atomic E-state index is 4.25. The Bertz CT molecular complexity index is 137. The maximum absolute atomic E-state index is 4.25. The van der Waals surface area contributed by atoms with E-state index in [-0.39, 0.29) is 0 Å². The summed E-state index contributed by atoms with van der Waals surface area (Å²) in [4.78, 5) is 3.86. The summed E-state index contributed by atoms with van der Waals surface area (Å²) in [6.45, 7) is 3.10. The Balaban J connectivity index is 0.000000236. The Morgan fingerprint density at radius 2 is 2.10 bits per heavy atom. The molecule has 0 fully saturated rings. The molecule has 1 aromatic heterocycles. The fraction of sp³-hybridized carbons (Fsp3) is 0.571. The van der Waals surface area contributed by atoms with Crippen molar-refractivity contribution >= 4 is 0 Å². The molecule has 1 aromatic rings. The van der Waals surface area contributed by atoms with Gasteiger partial charge in [0.15, 0.2) is 0 Å². The number of ether oxygens (including phenoxy) is 1. The molecule has 0 aliphatic carbocycles. The first-order valence-corrected chi connectivity index (χ1v) is 3.21. The summed E-state index contributed by atoms with van der Waals surface area (Å²) in [5.41, 5.74) is 0. The van der Waals surface area contributed by atoms with Gasteiger partial charge in [-0.1, -0.05) is 0 Å². The SMILES string of the molecule is CCn1ccnc1.COC. The molecule has 0 unspecified atom stereocenters. The third kappa shape index (κ3) is 4.09. The van der Waals surface area contributed by atoms with Crippen LogP contribution in [0.25, 0.3) is 0 Å². The van der Waals surface area contributed by atoms with E-state index in [1.165, 1.54) is 0 Å². The van der Waals surface area contributed by atoms with Gasteiger partial charge < -0.3 is 9.30 Å². The molecule has 0 saturated carbocycles. The van der Waals surface area contributed by atoms with Gasteiger partial charge >= 0.3 is 0 Å². The second-order valence-electron chi connectivity index (χ2n) is 1.80. The van der Waals surface area contributed by atoms with Crippen molar-refractivity contribution in [3.8, 4) is 0 Å². The van der Waals surface area contributed by atoms with Crippen molar-refractivity contribution in [2.45, 2.75) is 13.5 Å². The summed E-state index contributed by atoms with van der Waals surface area (Å²) < 4.78 is 6.26. The molecule has 1 heterocycles. The number of aryl methyl sites for hydroxylation is 1. The van der Waals surface area contributed by atoms with Crippen molar-refractivity contribution in [3.05, 3.63) is 18.7 Å². The van der Waals surface area contributed by atoms with E-state index < -0.39 is 0 Å². The lowest BCUT2D eigenvalue weighted by Gasteiger charge is -1.87. The molecule has 0 spiro atoms. The van der Waals surface area contributed by atoms with Crippen molar-refractivity contribution in [1.82, 2.24) is 9.55 Å². The van der Waals surface area contributed by atoms with E-state index in [1.807, 2.05) is 10.8 Å². The first kappa shape index (κ1) is 9.17. The molecule has 0 aliphatic heterocycles. The van der Waals surface area contributed by atoms with Crippen LogP contribution < -0.4 is 0 Å². The predicted molar refractivity (Wildman–Crippen MR) is 40.8 cm³/mol. The van der Waals surface area contributed by atoms with E-state index in [0.717, 1.165) is 6.54 Å². The summed E-state index contributed by atoms with van der Waals surface area (Å²) in [7, 11) is 3.25. The van der Waals surface area contributed by atoms with Gasteiger partial charge in [0.25, 0.3) is 0 Å². The molecule has 0 amide bonds. The normalized spacial score (nSPS) is 8.30. The van der Waals surface area contributed by atoms with Crippen LogP contribution in [0.4, 0.5) is 0 Å². The monoisotopic (exact) mass is 142 g/mol. The van der Waals surface area contributed by atoms with Crippen LogP contribution in [0, 0.1) is 0 Å². The lowest BCUT2D eigenvalue weighted by Crippen LogP contribution is -1.85. The Hall–Kier alpha value is -0.830. The van der Waals surface area contributed by atoms with Gasteiger partial charge in [-0.25, -0.2) is 4.98 Å². The highest BCUT2D eigenvalue weighted by Gasteiger charge is 1.77. The molecule has 0 aromatic carbocycles. The van der Waals surface area contributed by atoms with E-state index >= 15 is 0 Å². The van der Waals surface area contributed by atoms with Gasteiger partial charge in [0, 0.05) is 33.2 Å². The van der Waals surface area contributed by atoms with Crippen molar-refractivity contribution in [1.29, 1.82) is 0 Å². The molecule has 0 radical (unpaired) electrons. The van der Waals surface area contributed by atoms with E-state index in [4.69, 9.17) is 0 Å². The molecule has 0 aliphatic rings. The molecule has 0 saturated heterocycles. The highest BCUT2D eigenvalue weighted by Crippen LogP contribution is 1.81. The minimum absolute atomic E-state index is 1.01. The third-order valence-electron chi connectivity index (χ3n) is 0.924. The van der Waals surface area contributed by atoms with Crippen LogP contribution in [0.5, 0.6) is 0 Å². The molecule has 0 atom stereocenters. The van der Waals surface area contributed by atoms with Gasteiger partial charge in [-0.15, -0.1) is 0 Å². The largest absolute Gasteiger partial charge is 0.388 e. The topological polar surface area (TPSA) is 27.1 Å². The molecule has 10 heavy (non-hydrogen) atoms. The smallest absolute Gasteiger partial charge is 0.0945 e. The van der Waals surface area contributed by atoms with E-state index in [0.29, 0.717) is 0 Å². The number of methoxy groups -OCH3 is 1. The zero-order chi connectivity index (χ0) is 7.82. The number of nitrogens with zero attached hydrogens (tertiary/aromatic N) is 2.